The van der Waals surface area contributed by atoms with Crippen molar-refractivity contribution in [1.82, 2.24) is 19.6 Å². The van der Waals surface area contributed by atoms with Gasteiger partial charge in [-0.05, 0) is 56.0 Å². The first kappa shape index (κ1) is 25.3. The van der Waals surface area contributed by atoms with E-state index in [4.69, 9.17) is 15.2 Å². The lowest BCUT2D eigenvalue weighted by molar-refractivity contribution is 0.0655. The number of aryl methyl sites for hydroxylation is 2. The van der Waals surface area contributed by atoms with Gasteiger partial charge >= 0.3 is 0 Å². The molecule has 0 aliphatic carbocycles. The van der Waals surface area contributed by atoms with Gasteiger partial charge in [0.05, 0.1) is 18.3 Å². The van der Waals surface area contributed by atoms with Crippen molar-refractivity contribution >= 4 is 17.0 Å². The predicted octanol–water partition coefficient (Wildman–Crippen LogP) is 4.25. The average molecular weight is 488 g/mol. The highest BCUT2D eigenvalue weighted by atomic mass is 16.5. The van der Waals surface area contributed by atoms with Crippen LogP contribution in [-0.4, -0.2) is 38.6 Å². The molecule has 1 unspecified atom stereocenters. The third-order valence-corrected chi connectivity index (χ3v) is 6.51. The van der Waals surface area contributed by atoms with Crippen molar-refractivity contribution in [2.24, 2.45) is 5.73 Å². The molecule has 2 heterocycles. The molecule has 0 spiro atoms. The van der Waals surface area contributed by atoms with Gasteiger partial charge in [0.2, 0.25) is 0 Å². The van der Waals surface area contributed by atoms with Crippen molar-refractivity contribution in [3.05, 3.63) is 93.2 Å². The van der Waals surface area contributed by atoms with Crippen LogP contribution in [0.3, 0.4) is 0 Å². The van der Waals surface area contributed by atoms with Gasteiger partial charge in [-0.1, -0.05) is 61.5 Å². The Morgan fingerprint density at radius 2 is 1.81 bits per heavy atom. The van der Waals surface area contributed by atoms with E-state index in [2.05, 4.69) is 12.1 Å². The third-order valence-electron chi connectivity index (χ3n) is 6.51. The van der Waals surface area contributed by atoms with Crippen LogP contribution in [0.5, 0.6) is 0 Å². The van der Waals surface area contributed by atoms with E-state index in [0.717, 1.165) is 17.5 Å². The third kappa shape index (κ3) is 5.09. The summed E-state index contributed by atoms with van der Waals surface area (Å²) >= 11 is 0. The quantitative estimate of drug-likeness (QED) is 0.358. The molecule has 0 saturated carbocycles. The Labute approximate surface area is 210 Å². The minimum atomic E-state index is -0.457. The summed E-state index contributed by atoms with van der Waals surface area (Å²) in [6.07, 6.45) is 2.08. The summed E-state index contributed by atoms with van der Waals surface area (Å²) in [5, 5.41) is 4.34. The maximum atomic E-state index is 13.8. The van der Waals surface area contributed by atoms with Crippen LogP contribution in [0.2, 0.25) is 0 Å². The van der Waals surface area contributed by atoms with E-state index in [1.807, 2.05) is 61.5 Å². The van der Waals surface area contributed by atoms with Gasteiger partial charge in [-0.3, -0.25) is 14.2 Å². The molecule has 0 aliphatic heterocycles. The smallest absolute Gasteiger partial charge is 0.267 e. The van der Waals surface area contributed by atoms with Crippen LogP contribution in [0.4, 0.5) is 0 Å². The van der Waals surface area contributed by atoms with E-state index in [9.17, 15) is 9.59 Å². The molecule has 2 N–H and O–H groups in total. The molecule has 8 nitrogen and oxygen atoms in total. The molecule has 2 aromatic heterocycles. The van der Waals surface area contributed by atoms with Crippen LogP contribution in [0.25, 0.3) is 11.1 Å². The molecule has 0 saturated heterocycles. The first-order valence-electron chi connectivity index (χ1n) is 12.5. The Bertz CT molecular complexity index is 1380. The fraction of sp³-hybridized carbons (Fsp3) is 0.357. The number of hydrogen-bond donors (Lipinski definition) is 1. The number of carbonyl (C=O) groups is 1. The van der Waals surface area contributed by atoms with E-state index in [0.29, 0.717) is 54.9 Å². The van der Waals surface area contributed by atoms with Gasteiger partial charge in [0.1, 0.15) is 11.2 Å². The molecule has 1 atom stereocenters. The number of hydrogen-bond acceptors (Lipinski definition) is 6. The molecule has 0 radical (unpaired) electrons. The van der Waals surface area contributed by atoms with Crippen molar-refractivity contribution in [3.8, 4) is 0 Å². The number of nitrogens with zero attached hydrogens (tertiary/aromatic N) is 4. The first-order valence-corrected chi connectivity index (χ1v) is 12.5. The van der Waals surface area contributed by atoms with Crippen molar-refractivity contribution in [2.75, 3.05) is 13.1 Å². The molecule has 188 valence electrons. The topological polar surface area (TPSA) is 107 Å². The van der Waals surface area contributed by atoms with Crippen LogP contribution in [0.15, 0.2) is 63.9 Å². The fourth-order valence-corrected chi connectivity index (χ4v) is 4.51. The lowest BCUT2D eigenvalue weighted by Gasteiger charge is -2.32. The SMILES string of the molecule is CCc1ccc(C(=O)N(CCCN)C(CC)c2nc3onc(C)c3c(=O)n2Cc2ccccc2)cc1. The van der Waals surface area contributed by atoms with Crippen LogP contribution in [0.1, 0.15) is 65.7 Å². The Hall–Kier alpha value is -3.78. The van der Waals surface area contributed by atoms with Gasteiger partial charge in [-0.15, -0.1) is 0 Å². The van der Waals surface area contributed by atoms with Gasteiger partial charge in [0.25, 0.3) is 17.2 Å². The van der Waals surface area contributed by atoms with Crippen molar-refractivity contribution in [2.45, 2.75) is 52.6 Å². The lowest BCUT2D eigenvalue weighted by Crippen LogP contribution is -2.40. The normalized spacial score (nSPS) is 12.1. The van der Waals surface area contributed by atoms with Gasteiger partial charge < -0.3 is 15.2 Å². The van der Waals surface area contributed by atoms with E-state index in [-0.39, 0.29) is 17.2 Å². The van der Waals surface area contributed by atoms with E-state index in [1.165, 1.54) is 0 Å². The molecule has 36 heavy (non-hydrogen) atoms. The van der Waals surface area contributed by atoms with E-state index >= 15 is 0 Å². The Morgan fingerprint density at radius 3 is 2.44 bits per heavy atom. The largest absolute Gasteiger partial charge is 0.335 e. The van der Waals surface area contributed by atoms with E-state index in [1.54, 1.807) is 16.4 Å². The molecule has 4 aromatic rings. The number of carbonyl (C=O) groups excluding carboxylic acids is 1. The molecule has 1 amide bonds. The summed E-state index contributed by atoms with van der Waals surface area (Å²) in [6, 6.07) is 16.9. The predicted molar refractivity (Wildman–Crippen MR) is 140 cm³/mol. The Kier molecular flexibility index (Phi) is 7.95. The molecule has 4 rings (SSSR count). The fourth-order valence-electron chi connectivity index (χ4n) is 4.51. The standard InChI is InChI=1S/C28H33N5O3/c1-4-20-12-14-22(15-13-20)27(34)32(17-9-16-29)23(5-2)25-30-26-24(19(3)31-36-26)28(35)33(25)18-21-10-7-6-8-11-21/h6-8,10-15,23H,4-5,9,16-18,29H2,1-3H3. The Morgan fingerprint density at radius 1 is 1.08 bits per heavy atom. The molecule has 0 aliphatic rings. The number of fused-ring (bicyclic) bond motifs is 1. The van der Waals surface area contributed by atoms with Gasteiger partial charge in [-0.2, -0.15) is 4.98 Å². The van der Waals surface area contributed by atoms with Crippen molar-refractivity contribution in [1.29, 1.82) is 0 Å². The lowest BCUT2D eigenvalue weighted by atomic mass is 10.1. The highest BCUT2D eigenvalue weighted by Crippen LogP contribution is 2.27. The zero-order valence-corrected chi connectivity index (χ0v) is 21.1. The van der Waals surface area contributed by atoms with Crippen LogP contribution in [-0.2, 0) is 13.0 Å². The number of benzene rings is 2. The number of nitrogens with two attached hydrogens (primary N) is 1. The minimum absolute atomic E-state index is 0.118. The molecule has 0 fully saturated rings. The van der Waals surface area contributed by atoms with Crippen molar-refractivity contribution in [3.63, 3.8) is 0 Å². The molecular weight excluding hydrogens is 454 g/mol. The average Bonchev–Trinajstić information content (AvgIpc) is 3.29. The Balaban J connectivity index is 1.85. The number of amides is 1. The van der Waals surface area contributed by atoms with Gasteiger partial charge in [-0.25, -0.2) is 0 Å². The molecule has 2 aromatic carbocycles. The highest BCUT2D eigenvalue weighted by Gasteiger charge is 2.30. The molecule has 8 heteroatoms. The second-order valence-corrected chi connectivity index (χ2v) is 8.91. The van der Waals surface area contributed by atoms with Gasteiger partial charge in [0.15, 0.2) is 0 Å². The molecule has 0 bridgehead atoms. The van der Waals surface area contributed by atoms with Crippen molar-refractivity contribution < 1.29 is 9.32 Å². The second kappa shape index (κ2) is 11.3. The summed E-state index contributed by atoms with van der Waals surface area (Å²) in [4.78, 5) is 34.0. The second-order valence-electron chi connectivity index (χ2n) is 8.91. The zero-order valence-electron chi connectivity index (χ0n) is 21.1. The van der Waals surface area contributed by atoms with E-state index < -0.39 is 6.04 Å². The summed E-state index contributed by atoms with van der Waals surface area (Å²) < 4.78 is 7.06. The number of rotatable bonds is 10. The minimum Gasteiger partial charge on any atom is -0.335 e. The first-order chi connectivity index (χ1) is 17.5. The van der Waals surface area contributed by atoms with Crippen LogP contribution >= 0.6 is 0 Å². The summed E-state index contributed by atoms with van der Waals surface area (Å²) in [6.45, 7) is 7.01. The van der Waals surface area contributed by atoms with Crippen LogP contribution < -0.4 is 11.3 Å². The molecular formula is C28H33N5O3. The van der Waals surface area contributed by atoms with Crippen LogP contribution in [0, 0.1) is 6.92 Å². The maximum absolute atomic E-state index is 13.8. The number of aromatic nitrogens is 3. The zero-order chi connectivity index (χ0) is 25.7. The van der Waals surface area contributed by atoms with Gasteiger partial charge in [0, 0.05) is 12.1 Å². The summed E-state index contributed by atoms with van der Waals surface area (Å²) in [5.41, 5.74) is 9.01. The monoisotopic (exact) mass is 487 g/mol. The summed E-state index contributed by atoms with van der Waals surface area (Å²) in [5.74, 6) is 0.359. The maximum Gasteiger partial charge on any atom is 0.267 e. The summed E-state index contributed by atoms with van der Waals surface area (Å²) in [7, 11) is 0. The highest BCUT2D eigenvalue weighted by molar-refractivity contribution is 5.94.